The van der Waals surface area contributed by atoms with Crippen LogP contribution in [0.2, 0.25) is 0 Å². The average molecular weight is 195 g/mol. The molecular formula is C7H15ClN2O2. The van der Waals surface area contributed by atoms with Crippen LogP contribution in [0, 0.1) is 5.92 Å². The molecule has 2 N–H and O–H groups in total. The third kappa shape index (κ3) is 3.38. The van der Waals surface area contributed by atoms with Crippen LogP contribution in [0.5, 0.6) is 0 Å². The average Bonchev–Trinajstić information content (AvgIpc) is 2.52. The molecule has 0 bridgehead atoms. The first-order valence-electron chi connectivity index (χ1n) is 3.97. The molecule has 0 aliphatic carbocycles. The van der Waals surface area contributed by atoms with Gasteiger partial charge in [-0.25, -0.2) is 5.48 Å². The van der Waals surface area contributed by atoms with Gasteiger partial charge in [-0.15, -0.1) is 12.4 Å². The van der Waals surface area contributed by atoms with Crippen LogP contribution in [-0.4, -0.2) is 25.6 Å². The van der Waals surface area contributed by atoms with Gasteiger partial charge < -0.3 is 5.32 Å². The summed E-state index contributed by atoms with van der Waals surface area (Å²) in [4.78, 5) is 15.9. The summed E-state index contributed by atoms with van der Waals surface area (Å²) >= 11 is 0. The smallest absolute Gasteiger partial charge is 0.247 e. The van der Waals surface area contributed by atoms with E-state index in [1.54, 1.807) is 0 Å². The Bertz CT molecular complexity index is 137. The van der Waals surface area contributed by atoms with Crippen molar-refractivity contribution in [3.63, 3.8) is 0 Å². The van der Waals surface area contributed by atoms with Crippen LogP contribution in [0.3, 0.4) is 0 Å². The number of carbonyl (C=O) groups excluding carboxylic acids is 1. The molecule has 0 aromatic rings. The Morgan fingerprint density at radius 1 is 1.75 bits per heavy atom. The van der Waals surface area contributed by atoms with Gasteiger partial charge in [-0.05, 0) is 19.9 Å². The van der Waals surface area contributed by atoms with Crippen LogP contribution in [0.4, 0.5) is 0 Å². The topological polar surface area (TPSA) is 50.4 Å². The summed E-state index contributed by atoms with van der Waals surface area (Å²) in [6, 6.07) is 0. The molecule has 1 aliphatic heterocycles. The van der Waals surface area contributed by atoms with Crippen molar-refractivity contribution in [1.82, 2.24) is 10.8 Å². The summed E-state index contributed by atoms with van der Waals surface area (Å²) in [7, 11) is 0. The Morgan fingerprint density at radius 2 is 2.50 bits per heavy atom. The van der Waals surface area contributed by atoms with E-state index in [4.69, 9.17) is 4.84 Å². The highest BCUT2D eigenvalue weighted by Gasteiger charge is 2.21. The molecule has 5 heteroatoms. The second-order valence-corrected chi connectivity index (χ2v) is 2.59. The number of hydrogen-bond acceptors (Lipinski definition) is 3. The minimum absolute atomic E-state index is 0. The van der Waals surface area contributed by atoms with Crippen molar-refractivity contribution in [3.8, 4) is 0 Å². The van der Waals surface area contributed by atoms with Gasteiger partial charge in [0.15, 0.2) is 0 Å². The molecule has 0 aromatic carbocycles. The number of hydroxylamine groups is 1. The molecule has 1 amide bonds. The fraction of sp³-hybridized carbons (Fsp3) is 0.857. The van der Waals surface area contributed by atoms with E-state index < -0.39 is 0 Å². The monoisotopic (exact) mass is 194 g/mol. The fourth-order valence-electron chi connectivity index (χ4n) is 1.11. The van der Waals surface area contributed by atoms with Crippen molar-refractivity contribution in [2.24, 2.45) is 5.92 Å². The molecular weight excluding hydrogens is 180 g/mol. The second kappa shape index (κ2) is 6.22. The number of rotatable bonds is 3. The summed E-state index contributed by atoms with van der Waals surface area (Å²) in [5.41, 5.74) is 2.40. The lowest BCUT2D eigenvalue weighted by Crippen LogP contribution is -2.31. The minimum Gasteiger partial charge on any atom is -0.316 e. The molecule has 0 unspecified atom stereocenters. The predicted molar refractivity (Wildman–Crippen MR) is 48.0 cm³/mol. The van der Waals surface area contributed by atoms with Crippen LogP contribution in [0.25, 0.3) is 0 Å². The van der Waals surface area contributed by atoms with Gasteiger partial charge in [-0.3, -0.25) is 9.63 Å². The van der Waals surface area contributed by atoms with E-state index in [0.717, 1.165) is 19.5 Å². The molecule has 1 aliphatic rings. The zero-order valence-electron chi connectivity index (χ0n) is 7.13. The lowest BCUT2D eigenvalue weighted by molar-refractivity contribution is -0.136. The van der Waals surface area contributed by atoms with Gasteiger partial charge in [-0.2, -0.15) is 0 Å². The molecule has 0 saturated carbocycles. The zero-order valence-corrected chi connectivity index (χ0v) is 7.95. The van der Waals surface area contributed by atoms with Gasteiger partial charge in [0.1, 0.15) is 0 Å². The number of halogens is 1. The second-order valence-electron chi connectivity index (χ2n) is 2.59. The Morgan fingerprint density at radius 3 is 3.00 bits per heavy atom. The van der Waals surface area contributed by atoms with E-state index >= 15 is 0 Å². The molecule has 0 radical (unpaired) electrons. The van der Waals surface area contributed by atoms with Crippen molar-refractivity contribution >= 4 is 18.3 Å². The van der Waals surface area contributed by atoms with Gasteiger partial charge in [0.05, 0.1) is 12.5 Å². The molecule has 4 nitrogen and oxygen atoms in total. The van der Waals surface area contributed by atoms with E-state index in [-0.39, 0.29) is 24.2 Å². The van der Waals surface area contributed by atoms with Crippen LogP contribution in [0.15, 0.2) is 0 Å². The molecule has 1 rings (SSSR count). The van der Waals surface area contributed by atoms with Gasteiger partial charge in [-0.1, -0.05) is 0 Å². The Kier molecular flexibility index (Phi) is 6.06. The van der Waals surface area contributed by atoms with Gasteiger partial charge in [0, 0.05) is 6.54 Å². The van der Waals surface area contributed by atoms with Gasteiger partial charge in [0.25, 0.3) is 0 Å². The highest BCUT2D eigenvalue weighted by Crippen LogP contribution is 2.06. The quantitative estimate of drug-likeness (QED) is 0.626. The van der Waals surface area contributed by atoms with Gasteiger partial charge >= 0.3 is 0 Å². The first kappa shape index (κ1) is 11.7. The van der Waals surface area contributed by atoms with Crippen LogP contribution >= 0.6 is 12.4 Å². The number of amides is 1. The van der Waals surface area contributed by atoms with E-state index in [1.807, 2.05) is 6.92 Å². The Balaban J connectivity index is 0.00000121. The molecule has 72 valence electrons. The van der Waals surface area contributed by atoms with Gasteiger partial charge in [0.2, 0.25) is 5.91 Å². The maximum absolute atomic E-state index is 11.1. The normalized spacial score (nSPS) is 21.6. The first-order chi connectivity index (χ1) is 5.34. The predicted octanol–water partition coefficient (Wildman–Crippen LogP) is 0.0854. The van der Waals surface area contributed by atoms with Crippen molar-refractivity contribution in [2.45, 2.75) is 13.3 Å². The molecule has 0 spiro atoms. The largest absolute Gasteiger partial charge is 0.316 e. The molecule has 1 fully saturated rings. The molecule has 0 aromatic heterocycles. The zero-order chi connectivity index (χ0) is 8.10. The third-order valence-corrected chi connectivity index (χ3v) is 1.75. The highest BCUT2D eigenvalue weighted by atomic mass is 35.5. The maximum atomic E-state index is 11.1. The summed E-state index contributed by atoms with van der Waals surface area (Å²) in [6.07, 6.45) is 0.916. The number of hydrogen-bond donors (Lipinski definition) is 2. The number of nitrogens with one attached hydrogen (secondary N) is 2. The standard InChI is InChI=1S/C7H14N2O2.ClH/c1-2-11-9-7(10)6-3-4-8-5-6;/h6,8H,2-5H2,1H3,(H,9,10);1H/t6-;/m0./s1. The summed E-state index contributed by atoms with van der Waals surface area (Å²) < 4.78 is 0. The summed E-state index contributed by atoms with van der Waals surface area (Å²) in [5, 5.41) is 3.11. The lowest BCUT2D eigenvalue weighted by atomic mass is 10.1. The maximum Gasteiger partial charge on any atom is 0.247 e. The summed E-state index contributed by atoms with van der Waals surface area (Å²) in [6.45, 7) is 4.07. The SMILES string of the molecule is CCONC(=O)[C@H]1CCNC1.Cl. The van der Waals surface area contributed by atoms with Crippen molar-refractivity contribution in [2.75, 3.05) is 19.7 Å². The van der Waals surface area contributed by atoms with E-state index in [1.165, 1.54) is 0 Å². The van der Waals surface area contributed by atoms with Crippen LogP contribution < -0.4 is 10.8 Å². The highest BCUT2D eigenvalue weighted by molar-refractivity contribution is 5.85. The minimum atomic E-state index is -0.00292. The lowest BCUT2D eigenvalue weighted by Gasteiger charge is -2.07. The van der Waals surface area contributed by atoms with Crippen molar-refractivity contribution in [1.29, 1.82) is 0 Å². The molecule has 1 atom stereocenters. The van der Waals surface area contributed by atoms with E-state index in [9.17, 15) is 4.79 Å². The third-order valence-electron chi connectivity index (χ3n) is 1.75. The van der Waals surface area contributed by atoms with Crippen molar-refractivity contribution in [3.05, 3.63) is 0 Å². The van der Waals surface area contributed by atoms with E-state index in [0.29, 0.717) is 6.61 Å². The van der Waals surface area contributed by atoms with Crippen LogP contribution in [0.1, 0.15) is 13.3 Å². The van der Waals surface area contributed by atoms with Crippen LogP contribution in [-0.2, 0) is 9.63 Å². The fourth-order valence-corrected chi connectivity index (χ4v) is 1.11. The molecule has 1 saturated heterocycles. The molecule has 12 heavy (non-hydrogen) atoms. The summed E-state index contributed by atoms with van der Waals surface area (Å²) in [5.74, 6) is 0.0957. The first-order valence-corrected chi connectivity index (χ1v) is 3.97. The molecule has 1 heterocycles. The van der Waals surface area contributed by atoms with E-state index in [2.05, 4.69) is 10.8 Å². The Labute approximate surface area is 78.4 Å². The van der Waals surface area contributed by atoms with Crippen molar-refractivity contribution < 1.29 is 9.63 Å². The Hall–Kier alpha value is -0.320. The number of carbonyl (C=O) groups is 1.